The predicted octanol–water partition coefficient (Wildman–Crippen LogP) is -3.10. The van der Waals surface area contributed by atoms with E-state index in [1.165, 1.54) is 30.3 Å². The van der Waals surface area contributed by atoms with Gasteiger partial charge in [0.1, 0.15) is 66.1 Å². The molecule has 2 heterocycles. The molecule has 9 N–H and O–H groups in total. The fraction of sp³-hybridized carbons (Fsp3) is 0.545. The summed E-state index contributed by atoms with van der Waals surface area (Å²) in [4.78, 5) is 0. The summed E-state index contributed by atoms with van der Waals surface area (Å²) < 4.78 is 22.1. The van der Waals surface area contributed by atoms with Gasteiger partial charge in [-0.3, -0.25) is 0 Å². The number of ether oxygens (including phenoxy) is 4. The number of phenolic OH excluding ortho intramolecular Hbond substituents is 1. The molecule has 13 nitrogen and oxygen atoms in total. The number of hydrogen-bond donors (Lipinski definition) is 9. The molecule has 13 heteroatoms. The molecule has 0 bridgehead atoms. The zero-order valence-corrected chi connectivity index (χ0v) is 18.2. The molecule has 2 aromatic carbocycles. The lowest BCUT2D eigenvalue weighted by molar-refractivity contribution is -0.277. The summed E-state index contributed by atoms with van der Waals surface area (Å²) in [5.74, 6) is -0.202. The molecule has 2 aliphatic heterocycles. The molecule has 10 atom stereocenters. The Hall–Kier alpha value is -2.30. The van der Waals surface area contributed by atoms with Crippen LogP contribution >= 0.6 is 0 Å². The number of benzene rings is 2. The quantitative estimate of drug-likeness (QED) is 0.192. The molecule has 4 rings (SSSR count). The first-order chi connectivity index (χ1) is 16.7. The first-order valence-corrected chi connectivity index (χ1v) is 10.9. The van der Waals surface area contributed by atoms with E-state index >= 15 is 0 Å². The fourth-order valence-electron chi connectivity index (χ4n) is 4.11. The number of hydrogen-bond acceptors (Lipinski definition) is 13. The molecule has 2 saturated heterocycles. The number of aliphatic hydroxyl groups excluding tert-OH is 8. The molecule has 2 aliphatic rings. The van der Waals surface area contributed by atoms with Crippen LogP contribution in [0.5, 0.6) is 17.2 Å². The van der Waals surface area contributed by atoms with Crippen LogP contribution < -0.4 is 9.47 Å². The van der Waals surface area contributed by atoms with E-state index in [1.807, 2.05) is 0 Å². The van der Waals surface area contributed by atoms with Crippen molar-refractivity contribution < 1.29 is 64.9 Å². The maximum atomic E-state index is 10.5. The van der Waals surface area contributed by atoms with Crippen molar-refractivity contribution in [2.45, 2.75) is 61.4 Å². The van der Waals surface area contributed by atoms with E-state index < -0.39 is 74.6 Å². The molecule has 10 unspecified atom stereocenters. The Morgan fingerprint density at radius 1 is 0.629 bits per heavy atom. The average molecular weight is 500 g/mol. The van der Waals surface area contributed by atoms with Crippen LogP contribution in [0.1, 0.15) is 0 Å². The zero-order chi connectivity index (χ0) is 25.4. The summed E-state index contributed by atoms with van der Waals surface area (Å²) in [6.07, 6.45) is -15.2. The summed E-state index contributed by atoms with van der Waals surface area (Å²) >= 11 is 0. The van der Waals surface area contributed by atoms with Crippen molar-refractivity contribution >= 4 is 10.8 Å². The van der Waals surface area contributed by atoms with E-state index in [-0.39, 0.29) is 28.0 Å². The van der Waals surface area contributed by atoms with Crippen molar-refractivity contribution in [1.82, 2.24) is 0 Å². The van der Waals surface area contributed by atoms with Crippen molar-refractivity contribution in [3.8, 4) is 17.2 Å². The minimum absolute atomic E-state index is 0.0106. The third kappa shape index (κ3) is 4.75. The van der Waals surface area contributed by atoms with E-state index in [4.69, 9.17) is 18.9 Å². The van der Waals surface area contributed by atoms with Gasteiger partial charge in [0.2, 0.25) is 12.6 Å². The van der Waals surface area contributed by atoms with Crippen LogP contribution in [0.25, 0.3) is 10.8 Å². The molecule has 0 amide bonds. The highest BCUT2D eigenvalue weighted by Crippen LogP contribution is 2.40. The fourth-order valence-corrected chi connectivity index (χ4v) is 4.11. The monoisotopic (exact) mass is 500 g/mol. The lowest BCUT2D eigenvalue weighted by Gasteiger charge is -2.40. The summed E-state index contributed by atoms with van der Waals surface area (Å²) in [6.45, 7) is -1.29. The highest BCUT2D eigenvalue weighted by atomic mass is 16.7. The summed E-state index contributed by atoms with van der Waals surface area (Å²) in [6, 6.07) is 7.09. The van der Waals surface area contributed by atoms with Gasteiger partial charge in [-0.25, -0.2) is 0 Å². The Morgan fingerprint density at radius 3 is 1.66 bits per heavy atom. The van der Waals surface area contributed by atoms with Crippen LogP contribution in [0, 0.1) is 0 Å². The van der Waals surface area contributed by atoms with Crippen LogP contribution in [0.3, 0.4) is 0 Å². The van der Waals surface area contributed by atoms with Gasteiger partial charge in [0.05, 0.1) is 18.6 Å². The van der Waals surface area contributed by atoms with Gasteiger partial charge in [-0.2, -0.15) is 0 Å². The van der Waals surface area contributed by atoms with Gasteiger partial charge in [-0.1, -0.05) is 12.1 Å². The van der Waals surface area contributed by atoms with Gasteiger partial charge >= 0.3 is 0 Å². The molecular weight excluding hydrogens is 472 g/mol. The maximum absolute atomic E-state index is 10.5. The van der Waals surface area contributed by atoms with Crippen molar-refractivity contribution in [3.63, 3.8) is 0 Å². The van der Waals surface area contributed by atoms with Gasteiger partial charge in [-0.05, 0) is 18.2 Å². The number of phenols is 1. The van der Waals surface area contributed by atoms with Crippen LogP contribution in [0.2, 0.25) is 0 Å². The number of fused-ring (bicyclic) bond motifs is 1. The van der Waals surface area contributed by atoms with Crippen molar-refractivity contribution in [2.24, 2.45) is 0 Å². The van der Waals surface area contributed by atoms with Gasteiger partial charge in [0.25, 0.3) is 0 Å². The molecule has 194 valence electrons. The minimum Gasteiger partial charge on any atom is -0.507 e. The van der Waals surface area contributed by atoms with E-state index in [1.54, 1.807) is 0 Å². The van der Waals surface area contributed by atoms with E-state index in [9.17, 15) is 46.0 Å². The van der Waals surface area contributed by atoms with Crippen molar-refractivity contribution in [1.29, 1.82) is 0 Å². The molecule has 0 aromatic heterocycles. The van der Waals surface area contributed by atoms with E-state index in [2.05, 4.69) is 0 Å². The lowest BCUT2D eigenvalue weighted by atomic mass is 9.99. The topological polar surface area (TPSA) is 219 Å². The number of aromatic hydroxyl groups is 1. The summed E-state index contributed by atoms with van der Waals surface area (Å²) in [5.41, 5.74) is 0. The first kappa shape index (κ1) is 25.8. The molecule has 0 radical (unpaired) electrons. The van der Waals surface area contributed by atoms with Gasteiger partial charge in [0.15, 0.2) is 0 Å². The maximum Gasteiger partial charge on any atom is 0.229 e. The SMILES string of the molecule is OCC1OC(Oc2ccc(O)c3c(OC4OC(CO)C(O)C(O)C4O)cccc23)C(O)C(O)C1O. The van der Waals surface area contributed by atoms with Gasteiger partial charge in [-0.15, -0.1) is 0 Å². The highest BCUT2D eigenvalue weighted by molar-refractivity contribution is 5.97. The largest absolute Gasteiger partial charge is 0.507 e. The van der Waals surface area contributed by atoms with E-state index in [0.717, 1.165) is 0 Å². The second-order valence-corrected chi connectivity index (χ2v) is 8.39. The second-order valence-electron chi connectivity index (χ2n) is 8.39. The Labute approximate surface area is 198 Å². The van der Waals surface area contributed by atoms with Crippen molar-refractivity contribution in [2.75, 3.05) is 13.2 Å². The molecule has 35 heavy (non-hydrogen) atoms. The molecule has 0 spiro atoms. The Bertz CT molecular complexity index is 1010. The summed E-state index contributed by atoms with van der Waals surface area (Å²) in [5, 5.41) is 90.1. The number of rotatable bonds is 6. The predicted molar refractivity (Wildman–Crippen MR) is 114 cm³/mol. The van der Waals surface area contributed by atoms with Gasteiger partial charge in [0, 0.05) is 5.39 Å². The third-order valence-corrected chi connectivity index (χ3v) is 6.12. The summed E-state index contributed by atoms with van der Waals surface area (Å²) in [7, 11) is 0. The molecule has 0 aliphatic carbocycles. The lowest BCUT2D eigenvalue weighted by Crippen LogP contribution is -2.60. The smallest absolute Gasteiger partial charge is 0.229 e. The number of aliphatic hydroxyl groups is 8. The normalized spacial score (nSPS) is 37.8. The average Bonchev–Trinajstić information content (AvgIpc) is 2.86. The van der Waals surface area contributed by atoms with E-state index in [0.29, 0.717) is 0 Å². The Morgan fingerprint density at radius 2 is 1.14 bits per heavy atom. The third-order valence-electron chi connectivity index (χ3n) is 6.12. The first-order valence-electron chi connectivity index (χ1n) is 10.9. The minimum atomic E-state index is -1.68. The molecule has 2 aromatic rings. The highest BCUT2D eigenvalue weighted by Gasteiger charge is 2.46. The zero-order valence-electron chi connectivity index (χ0n) is 18.2. The second kappa shape index (κ2) is 10.4. The standard InChI is InChI=1S/C22H28O13/c23-6-12-15(26)17(28)19(30)21(34-12)32-10-5-4-9(25)14-8(10)2-1-3-11(14)33-22-20(31)18(29)16(27)13(7-24)35-22/h1-5,12-13,15-31H,6-7H2. The molecular formula is C22H28O13. The van der Waals surface area contributed by atoms with Crippen LogP contribution in [0.4, 0.5) is 0 Å². The van der Waals surface area contributed by atoms with Crippen LogP contribution in [-0.2, 0) is 9.47 Å². The van der Waals surface area contributed by atoms with Crippen LogP contribution in [-0.4, -0.2) is 121 Å². The van der Waals surface area contributed by atoms with Crippen LogP contribution in [0.15, 0.2) is 30.3 Å². The van der Waals surface area contributed by atoms with Crippen molar-refractivity contribution in [3.05, 3.63) is 30.3 Å². The molecule has 2 fully saturated rings. The molecule has 0 saturated carbocycles. The Balaban J connectivity index is 1.64. The van der Waals surface area contributed by atoms with Gasteiger partial charge < -0.3 is 64.9 Å². The Kier molecular flexibility index (Phi) is 7.63.